The minimum Gasteiger partial charge on any atom is -0.504 e. The van der Waals surface area contributed by atoms with Gasteiger partial charge in [0.15, 0.2) is 11.5 Å². The lowest BCUT2D eigenvalue weighted by atomic mass is 10.0. The molecule has 1 aromatic rings. The summed E-state index contributed by atoms with van der Waals surface area (Å²) in [6.07, 6.45) is 1.41. The quantitative estimate of drug-likeness (QED) is 0.899. The molecule has 1 aliphatic carbocycles. The Kier molecular flexibility index (Phi) is 2.84. The summed E-state index contributed by atoms with van der Waals surface area (Å²) in [4.78, 5) is 0. The first-order valence-electron chi connectivity index (χ1n) is 4.93. The fourth-order valence-electron chi connectivity index (χ4n) is 1.64. The Bertz CT molecular complexity index is 430. The molecule has 0 radical (unpaired) electrons. The molecule has 0 saturated heterocycles. The average Bonchev–Trinajstić information content (AvgIpc) is 2.92. The lowest BCUT2D eigenvalue weighted by molar-refractivity contribution is 0.148. The van der Waals surface area contributed by atoms with Gasteiger partial charge in [-0.2, -0.15) is 0 Å². The normalized spacial score (nSPS) is 17.2. The van der Waals surface area contributed by atoms with Crippen molar-refractivity contribution in [3.8, 4) is 11.5 Å². The first-order chi connectivity index (χ1) is 7.47. The maximum absolute atomic E-state index is 13.6. The molecule has 0 heterocycles. The highest BCUT2D eigenvalue weighted by Crippen LogP contribution is 2.45. The maximum Gasteiger partial charge on any atom is 0.175 e. The maximum atomic E-state index is 13.6. The van der Waals surface area contributed by atoms with Gasteiger partial charge in [0, 0.05) is 12.0 Å². The van der Waals surface area contributed by atoms with Crippen molar-refractivity contribution >= 4 is 15.9 Å². The minimum absolute atomic E-state index is 0.111. The van der Waals surface area contributed by atoms with Gasteiger partial charge in [0.05, 0.1) is 17.2 Å². The molecular formula is C11H12BrFO3. The van der Waals surface area contributed by atoms with E-state index in [-0.39, 0.29) is 23.5 Å². The van der Waals surface area contributed by atoms with E-state index < -0.39 is 11.4 Å². The Hall–Kier alpha value is -0.810. The zero-order valence-electron chi connectivity index (χ0n) is 8.76. The highest BCUT2D eigenvalue weighted by Gasteiger charge is 2.42. The summed E-state index contributed by atoms with van der Waals surface area (Å²) in [5, 5.41) is 19.6. The van der Waals surface area contributed by atoms with E-state index in [9.17, 15) is 14.6 Å². The van der Waals surface area contributed by atoms with Crippen molar-refractivity contribution in [2.75, 3.05) is 7.11 Å². The molecule has 0 aliphatic heterocycles. The van der Waals surface area contributed by atoms with Crippen LogP contribution in [0.5, 0.6) is 11.5 Å². The molecule has 0 amide bonds. The number of hydrogen-bond donors (Lipinski definition) is 2. The molecule has 0 bridgehead atoms. The number of methoxy groups -OCH3 is 1. The number of phenolic OH excluding ortho intramolecular Hbond substituents is 1. The van der Waals surface area contributed by atoms with Gasteiger partial charge in [0.25, 0.3) is 0 Å². The Morgan fingerprint density at radius 1 is 1.56 bits per heavy atom. The van der Waals surface area contributed by atoms with Crippen LogP contribution in [0.3, 0.4) is 0 Å². The van der Waals surface area contributed by atoms with Crippen molar-refractivity contribution in [3.05, 3.63) is 21.9 Å². The van der Waals surface area contributed by atoms with Crippen LogP contribution in [0.1, 0.15) is 18.4 Å². The second kappa shape index (κ2) is 3.89. The van der Waals surface area contributed by atoms with Crippen molar-refractivity contribution in [3.63, 3.8) is 0 Å². The molecule has 0 atom stereocenters. The monoisotopic (exact) mass is 290 g/mol. The van der Waals surface area contributed by atoms with E-state index in [1.54, 1.807) is 0 Å². The van der Waals surface area contributed by atoms with Gasteiger partial charge in [-0.25, -0.2) is 4.39 Å². The van der Waals surface area contributed by atoms with Gasteiger partial charge in [-0.1, -0.05) is 0 Å². The molecule has 3 nitrogen and oxygen atoms in total. The predicted molar refractivity (Wildman–Crippen MR) is 60.2 cm³/mol. The molecule has 0 aromatic heterocycles. The summed E-state index contributed by atoms with van der Waals surface area (Å²) in [7, 11) is 1.40. The first kappa shape index (κ1) is 11.7. The Balaban J connectivity index is 2.43. The third-order valence-corrected chi connectivity index (χ3v) is 3.39. The van der Waals surface area contributed by atoms with Gasteiger partial charge >= 0.3 is 0 Å². The van der Waals surface area contributed by atoms with Crippen LogP contribution in [0.4, 0.5) is 4.39 Å². The van der Waals surface area contributed by atoms with Crippen LogP contribution >= 0.6 is 15.9 Å². The molecule has 0 unspecified atom stereocenters. The SMILES string of the molecule is COc1c(Br)cc(F)c(CC2(O)CC2)c1O. The Morgan fingerprint density at radius 2 is 2.19 bits per heavy atom. The van der Waals surface area contributed by atoms with E-state index in [1.165, 1.54) is 13.2 Å². The first-order valence-corrected chi connectivity index (χ1v) is 5.72. The van der Waals surface area contributed by atoms with Crippen LogP contribution in [-0.4, -0.2) is 22.9 Å². The van der Waals surface area contributed by atoms with Crippen molar-refractivity contribution < 1.29 is 19.3 Å². The summed E-state index contributed by atoms with van der Waals surface area (Å²) < 4.78 is 18.9. The molecule has 1 aliphatic rings. The summed E-state index contributed by atoms with van der Waals surface area (Å²) in [6.45, 7) is 0. The van der Waals surface area contributed by atoms with E-state index >= 15 is 0 Å². The molecule has 16 heavy (non-hydrogen) atoms. The lowest BCUT2D eigenvalue weighted by Gasteiger charge is -2.14. The topological polar surface area (TPSA) is 49.7 Å². The van der Waals surface area contributed by atoms with Gasteiger partial charge in [-0.15, -0.1) is 0 Å². The van der Waals surface area contributed by atoms with Crippen LogP contribution in [0.15, 0.2) is 10.5 Å². The number of halogens is 2. The summed E-state index contributed by atoms with van der Waals surface area (Å²) >= 11 is 3.10. The Labute approximate surface area is 101 Å². The standard InChI is InChI=1S/C11H12BrFO3/c1-16-10-7(12)4-8(13)6(9(10)14)5-11(15)2-3-11/h4,14-15H,2-3,5H2,1H3. The average molecular weight is 291 g/mol. The van der Waals surface area contributed by atoms with E-state index in [0.717, 1.165) is 0 Å². The van der Waals surface area contributed by atoms with Crippen LogP contribution in [0.2, 0.25) is 0 Å². The van der Waals surface area contributed by atoms with Crippen LogP contribution < -0.4 is 4.74 Å². The number of aliphatic hydroxyl groups is 1. The van der Waals surface area contributed by atoms with E-state index in [4.69, 9.17) is 4.74 Å². The second-order valence-electron chi connectivity index (χ2n) is 4.10. The molecular weight excluding hydrogens is 279 g/mol. The number of benzene rings is 1. The molecule has 5 heteroatoms. The van der Waals surface area contributed by atoms with Gasteiger partial charge in [-0.05, 0) is 34.8 Å². The largest absolute Gasteiger partial charge is 0.504 e. The van der Waals surface area contributed by atoms with Crippen molar-refractivity contribution in [1.82, 2.24) is 0 Å². The van der Waals surface area contributed by atoms with Crippen molar-refractivity contribution in [2.45, 2.75) is 24.9 Å². The second-order valence-corrected chi connectivity index (χ2v) is 4.96. The molecule has 1 fully saturated rings. The lowest BCUT2D eigenvalue weighted by Crippen LogP contribution is -2.12. The molecule has 88 valence electrons. The third-order valence-electron chi connectivity index (χ3n) is 2.80. The van der Waals surface area contributed by atoms with Crippen LogP contribution in [0.25, 0.3) is 0 Å². The molecule has 1 saturated carbocycles. The number of hydrogen-bond acceptors (Lipinski definition) is 3. The minimum atomic E-state index is -0.850. The zero-order valence-corrected chi connectivity index (χ0v) is 10.3. The van der Waals surface area contributed by atoms with E-state index in [2.05, 4.69) is 15.9 Å². The van der Waals surface area contributed by atoms with Gasteiger partial charge in [0.1, 0.15) is 5.82 Å². The fourth-order valence-corrected chi connectivity index (χ4v) is 2.19. The summed E-state index contributed by atoms with van der Waals surface area (Å²) in [6, 6.07) is 1.24. The highest BCUT2D eigenvalue weighted by atomic mass is 79.9. The van der Waals surface area contributed by atoms with Crippen molar-refractivity contribution in [1.29, 1.82) is 0 Å². The number of rotatable bonds is 3. The van der Waals surface area contributed by atoms with Gasteiger partial charge in [0.2, 0.25) is 0 Å². The van der Waals surface area contributed by atoms with Crippen LogP contribution in [0, 0.1) is 5.82 Å². The fraction of sp³-hybridized carbons (Fsp3) is 0.455. The number of phenols is 1. The van der Waals surface area contributed by atoms with E-state index in [0.29, 0.717) is 17.3 Å². The van der Waals surface area contributed by atoms with Gasteiger partial charge in [-0.3, -0.25) is 0 Å². The number of aromatic hydroxyl groups is 1. The van der Waals surface area contributed by atoms with Crippen LogP contribution in [-0.2, 0) is 6.42 Å². The molecule has 2 rings (SSSR count). The summed E-state index contributed by atoms with van der Waals surface area (Å²) in [5.41, 5.74) is -0.739. The van der Waals surface area contributed by atoms with E-state index in [1.807, 2.05) is 0 Å². The molecule has 0 spiro atoms. The molecule has 2 N–H and O–H groups in total. The zero-order chi connectivity index (χ0) is 11.9. The smallest absolute Gasteiger partial charge is 0.175 e. The summed E-state index contributed by atoms with van der Waals surface area (Å²) in [5.74, 6) is -0.583. The number of ether oxygens (including phenoxy) is 1. The molecule has 1 aromatic carbocycles. The Morgan fingerprint density at radius 3 is 2.69 bits per heavy atom. The van der Waals surface area contributed by atoms with Crippen molar-refractivity contribution in [2.24, 2.45) is 0 Å². The van der Waals surface area contributed by atoms with Gasteiger partial charge < -0.3 is 14.9 Å². The predicted octanol–water partition coefficient (Wildman–Crippen LogP) is 2.37. The third kappa shape index (κ3) is 2.01. The highest BCUT2D eigenvalue weighted by molar-refractivity contribution is 9.10.